The summed E-state index contributed by atoms with van der Waals surface area (Å²) in [4.78, 5) is 2.18. The molecule has 1 unspecified atom stereocenters. The van der Waals surface area contributed by atoms with Crippen molar-refractivity contribution >= 4 is 5.69 Å². The van der Waals surface area contributed by atoms with Crippen molar-refractivity contribution in [3.05, 3.63) is 29.8 Å². The summed E-state index contributed by atoms with van der Waals surface area (Å²) in [6.45, 7) is 7.17. The largest absolute Gasteiger partial charge is 0.370 e. The van der Waals surface area contributed by atoms with Gasteiger partial charge in [0.05, 0.1) is 11.6 Å². The summed E-state index contributed by atoms with van der Waals surface area (Å²) in [6, 6.07) is 10.00. The normalized spacial score (nSPS) is 12.9. The second-order valence-corrected chi connectivity index (χ2v) is 5.39. The summed E-state index contributed by atoms with van der Waals surface area (Å²) >= 11 is 0. The number of nitrogens with two attached hydrogens (primary N) is 1. The predicted molar refractivity (Wildman–Crippen MR) is 71.9 cm³/mol. The summed E-state index contributed by atoms with van der Waals surface area (Å²) in [7, 11) is 2.05. The number of hydrogen-bond acceptors (Lipinski definition) is 3. The molecular weight excluding hydrogens is 210 g/mol. The van der Waals surface area contributed by atoms with Crippen LogP contribution in [0.15, 0.2) is 24.3 Å². The second-order valence-electron chi connectivity index (χ2n) is 5.39. The van der Waals surface area contributed by atoms with Gasteiger partial charge in [-0.25, -0.2) is 0 Å². The van der Waals surface area contributed by atoms with Crippen LogP contribution in [0.5, 0.6) is 0 Å². The Hall–Kier alpha value is -1.53. The lowest BCUT2D eigenvalue weighted by Crippen LogP contribution is -2.47. The van der Waals surface area contributed by atoms with E-state index in [1.807, 2.05) is 31.3 Å². The van der Waals surface area contributed by atoms with Gasteiger partial charge in [0.2, 0.25) is 0 Å². The number of nitrogens with zero attached hydrogens (tertiary/aromatic N) is 2. The number of anilines is 1. The van der Waals surface area contributed by atoms with Crippen LogP contribution < -0.4 is 10.6 Å². The number of nitriles is 1. The first-order chi connectivity index (χ1) is 7.90. The highest BCUT2D eigenvalue weighted by atomic mass is 15.2. The minimum Gasteiger partial charge on any atom is -0.370 e. The molecule has 3 heteroatoms. The number of likely N-dealkylation sites (N-methyl/N-ethyl adjacent to an activating group) is 1. The van der Waals surface area contributed by atoms with Crippen LogP contribution in [0.3, 0.4) is 0 Å². The van der Waals surface area contributed by atoms with E-state index < -0.39 is 0 Å². The van der Waals surface area contributed by atoms with Gasteiger partial charge in [-0.15, -0.1) is 0 Å². The fourth-order valence-corrected chi connectivity index (χ4v) is 2.04. The maximum Gasteiger partial charge on any atom is 0.0991 e. The zero-order chi connectivity index (χ0) is 13.1. The van der Waals surface area contributed by atoms with Crippen LogP contribution in [0, 0.1) is 16.7 Å². The van der Waals surface area contributed by atoms with Crippen molar-refractivity contribution in [2.24, 2.45) is 11.1 Å². The smallest absolute Gasteiger partial charge is 0.0991 e. The van der Waals surface area contributed by atoms with Crippen LogP contribution in [0.4, 0.5) is 5.69 Å². The molecule has 1 atom stereocenters. The van der Waals surface area contributed by atoms with Gasteiger partial charge in [-0.3, -0.25) is 0 Å². The van der Waals surface area contributed by atoms with Gasteiger partial charge in [0, 0.05) is 25.3 Å². The Morgan fingerprint density at radius 3 is 2.18 bits per heavy atom. The first-order valence-electron chi connectivity index (χ1n) is 5.83. The number of benzene rings is 1. The molecule has 0 aliphatic rings. The summed E-state index contributed by atoms with van der Waals surface area (Å²) < 4.78 is 0. The van der Waals surface area contributed by atoms with E-state index >= 15 is 0 Å². The Bertz CT molecular complexity index is 395. The van der Waals surface area contributed by atoms with Crippen LogP contribution in [0.2, 0.25) is 0 Å². The summed E-state index contributed by atoms with van der Waals surface area (Å²) in [6.07, 6.45) is 0. The topological polar surface area (TPSA) is 53.0 Å². The van der Waals surface area contributed by atoms with E-state index in [0.717, 1.165) is 5.69 Å². The predicted octanol–water partition coefficient (Wildman–Crippen LogP) is 2.37. The Balaban J connectivity index is 2.95. The summed E-state index contributed by atoms with van der Waals surface area (Å²) in [5, 5.41) is 8.77. The molecule has 1 rings (SSSR count). The fourth-order valence-electron chi connectivity index (χ4n) is 2.04. The van der Waals surface area contributed by atoms with Crippen molar-refractivity contribution in [2.75, 3.05) is 18.5 Å². The SMILES string of the molecule is CN(c1ccc(C#N)cc1)C(CN)C(C)(C)C. The van der Waals surface area contributed by atoms with Gasteiger partial charge < -0.3 is 10.6 Å². The van der Waals surface area contributed by atoms with Crippen molar-refractivity contribution in [2.45, 2.75) is 26.8 Å². The van der Waals surface area contributed by atoms with E-state index in [1.165, 1.54) is 0 Å². The highest BCUT2D eigenvalue weighted by Crippen LogP contribution is 2.27. The van der Waals surface area contributed by atoms with Gasteiger partial charge in [0.15, 0.2) is 0 Å². The first-order valence-corrected chi connectivity index (χ1v) is 5.83. The Labute approximate surface area is 104 Å². The van der Waals surface area contributed by atoms with Gasteiger partial charge in [0.1, 0.15) is 0 Å². The third-order valence-electron chi connectivity index (χ3n) is 3.09. The molecule has 0 aliphatic heterocycles. The molecule has 17 heavy (non-hydrogen) atoms. The summed E-state index contributed by atoms with van der Waals surface area (Å²) in [5.74, 6) is 0. The van der Waals surface area contributed by atoms with Crippen molar-refractivity contribution < 1.29 is 0 Å². The molecule has 0 spiro atoms. The molecule has 0 bridgehead atoms. The van der Waals surface area contributed by atoms with Gasteiger partial charge in [-0.2, -0.15) is 5.26 Å². The van der Waals surface area contributed by atoms with E-state index in [1.54, 1.807) is 0 Å². The molecule has 0 radical (unpaired) electrons. The minimum absolute atomic E-state index is 0.122. The molecule has 0 saturated heterocycles. The minimum atomic E-state index is 0.122. The summed E-state index contributed by atoms with van der Waals surface area (Å²) in [5.41, 5.74) is 7.76. The molecule has 2 N–H and O–H groups in total. The molecule has 92 valence electrons. The standard InChI is InChI=1S/C14H21N3/c1-14(2,3)13(10-16)17(4)12-7-5-11(9-15)6-8-12/h5-8,13H,10,16H2,1-4H3. The number of hydrogen-bond donors (Lipinski definition) is 1. The zero-order valence-electron chi connectivity index (χ0n) is 11.1. The molecule has 0 amide bonds. The second kappa shape index (κ2) is 5.20. The lowest BCUT2D eigenvalue weighted by molar-refractivity contribution is 0.316. The van der Waals surface area contributed by atoms with Gasteiger partial charge in [0.25, 0.3) is 0 Å². The molecule has 1 aromatic carbocycles. The van der Waals surface area contributed by atoms with Gasteiger partial charge in [-0.1, -0.05) is 20.8 Å². The van der Waals surface area contributed by atoms with E-state index in [4.69, 9.17) is 11.0 Å². The highest BCUT2D eigenvalue weighted by molar-refractivity contribution is 5.50. The van der Waals surface area contributed by atoms with Gasteiger partial charge >= 0.3 is 0 Å². The van der Waals surface area contributed by atoms with E-state index in [9.17, 15) is 0 Å². The molecule has 1 aromatic rings. The molecule has 0 heterocycles. The fraction of sp³-hybridized carbons (Fsp3) is 0.500. The average molecular weight is 231 g/mol. The third kappa shape index (κ3) is 3.21. The van der Waals surface area contributed by atoms with Gasteiger partial charge in [-0.05, 0) is 29.7 Å². The number of rotatable bonds is 3. The quantitative estimate of drug-likeness (QED) is 0.869. The zero-order valence-corrected chi connectivity index (χ0v) is 11.1. The van der Waals surface area contributed by atoms with Crippen LogP contribution in [0.1, 0.15) is 26.3 Å². The molecular formula is C14H21N3. The lowest BCUT2D eigenvalue weighted by Gasteiger charge is -2.38. The van der Waals surface area contributed by atoms with E-state index in [-0.39, 0.29) is 11.5 Å². The molecule has 0 aliphatic carbocycles. The highest BCUT2D eigenvalue weighted by Gasteiger charge is 2.27. The van der Waals surface area contributed by atoms with Crippen LogP contribution in [-0.2, 0) is 0 Å². The van der Waals surface area contributed by atoms with Crippen LogP contribution >= 0.6 is 0 Å². The molecule has 3 nitrogen and oxygen atoms in total. The maximum atomic E-state index is 8.77. The average Bonchev–Trinajstić information content (AvgIpc) is 2.28. The van der Waals surface area contributed by atoms with Crippen molar-refractivity contribution in [3.63, 3.8) is 0 Å². The first kappa shape index (κ1) is 13.5. The molecule has 0 fully saturated rings. The Morgan fingerprint density at radius 2 is 1.82 bits per heavy atom. The lowest BCUT2D eigenvalue weighted by atomic mass is 9.85. The third-order valence-corrected chi connectivity index (χ3v) is 3.09. The maximum absolute atomic E-state index is 8.77. The van der Waals surface area contributed by atoms with Crippen molar-refractivity contribution in [1.82, 2.24) is 0 Å². The monoisotopic (exact) mass is 231 g/mol. The van der Waals surface area contributed by atoms with E-state index in [2.05, 4.69) is 31.7 Å². The Kier molecular flexibility index (Phi) is 4.14. The van der Waals surface area contributed by atoms with Crippen molar-refractivity contribution in [3.8, 4) is 6.07 Å². The van der Waals surface area contributed by atoms with Crippen LogP contribution in [0.25, 0.3) is 0 Å². The van der Waals surface area contributed by atoms with Crippen molar-refractivity contribution in [1.29, 1.82) is 5.26 Å². The molecule has 0 aromatic heterocycles. The Morgan fingerprint density at radius 1 is 1.29 bits per heavy atom. The molecule has 0 saturated carbocycles. The van der Waals surface area contributed by atoms with E-state index in [0.29, 0.717) is 12.1 Å². The van der Waals surface area contributed by atoms with Crippen LogP contribution in [-0.4, -0.2) is 19.6 Å².